The van der Waals surface area contributed by atoms with Gasteiger partial charge in [0.05, 0.1) is 22.2 Å². The summed E-state index contributed by atoms with van der Waals surface area (Å²) in [4.78, 5) is 3.70. The topological polar surface area (TPSA) is 70.3 Å². The molecule has 2 aromatic rings. The van der Waals surface area contributed by atoms with E-state index >= 15 is 0 Å². The van der Waals surface area contributed by atoms with E-state index in [9.17, 15) is 9.66 Å². The van der Waals surface area contributed by atoms with E-state index in [2.05, 4.69) is 24.8 Å². The number of hydrogen-bond donors (Lipinski definition) is 1. The Labute approximate surface area is 181 Å². The molecule has 0 spiro atoms. The van der Waals surface area contributed by atoms with Gasteiger partial charge in [-0.25, -0.2) is 0 Å². The monoisotopic (exact) mass is 428 g/mol. The van der Waals surface area contributed by atoms with E-state index < -0.39 is 11.2 Å². The molecule has 2 unspecified atom stereocenters. The van der Waals surface area contributed by atoms with Crippen molar-refractivity contribution in [1.82, 2.24) is 0 Å². The van der Waals surface area contributed by atoms with E-state index in [0.717, 1.165) is 48.5 Å². The van der Waals surface area contributed by atoms with Crippen molar-refractivity contribution in [2.45, 2.75) is 49.3 Å². The number of rotatable bonds is 6. The van der Waals surface area contributed by atoms with E-state index in [1.54, 1.807) is 6.07 Å². The van der Waals surface area contributed by atoms with E-state index in [1.807, 2.05) is 36.6 Å². The van der Waals surface area contributed by atoms with Gasteiger partial charge in [-0.1, -0.05) is 26.7 Å². The molecule has 0 aliphatic carbocycles. The third-order valence-electron chi connectivity index (χ3n) is 5.85. The van der Waals surface area contributed by atoms with Gasteiger partial charge < -0.3 is 14.6 Å². The highest BCUT2D eigenvalue weighted by molar-refractivity contribution is 7.98. The van der Waals surface area contributed by atoms with Crippen molar-refractivity contribution in [2.75, 3.05) is 23.5 Å². The number of nitriles is 1. The van der Waals surface area contributed by atoms with Crippen molar-refractivity contribution in [3.8, 4) is 11.8 Å². The third kappa shape index (κ3) is 4.53. The molecule has 3 rings (SSSR count). The summed E-state index contributed by atoms with van der Waals surface area (Å²) in [6.45, 7) is 5.14. The number of nitrogens with zero attached hydrogens (tertiary/aromatic N) is 2. The molecule has 0 fully saturated rings. The van der Waals surface area contributed by atoms with Crippen molar-refractivity contribution < 1.29 is 9.66 Å². The van der Waals surface area contributed by atoms with Crippen molar-refractivity contribution >= 4 is 34.3 Å². The van der Waals surface area contributed by atoms with Crippen LogP contribution < -0.4 is 4.90 Å². The summed E-state index contributed by atoms with van der Waals surface area (Å²) in [5.41, 5.74) is 2.43. The molecule has 1 aliphatic rings. The second-order valence-corrected chi connectivity index (χ2v) is 9.95. The predicted molar refractivity (Wildman–Crippen MR) is 122 cm³/mol. The fourth-order valence-electron chi connectivity index (χ4n) is 3.96. The second kappa shape index (κ2) is 9.34. The van der Waals surface area contributed by atoms with Crippen LogP contribution in [0.2, 0.25) is 0 Å². The standard InChI is InChI=1S/C23H28N2O2S2/c1-4-6-11-23(5-2)15-25(18-9-7-17(14-24)8-10-18)19-12-21(28-3)20(26)13-22(19)29(27)16-23/h7-10,12-13,26H,4-6,11,15-16H2,1-3H3. The summed E-state index contributed by atoms with van der Waals surface area (Å²) < 4.78 is 13.4. The molecule has 1 N–H and O–H groups in total. The number of anilines is 2. The smallest absolute Gasteiger partial charge is 0.180 e. The van der Waals surface area contributed by atoms with Crippen LogP contribution in [-0.4, -0.2) is 28.2 Å². The quantitative estimate of drug-likeness (QED) is 0.463. The highest BCUT2D eigenvalue weighted by Crippen LogP contribution is 2.46. The average Bonchev–Trinajstić information content (AvgIpc) is 2.86. The van der Waals surface area contributed by atoms with Crippen LogP contribution in [0, 0.1) is 16.7 Å². The van der Waals surface area contributed by atoms with Gasteiger partial charge in [0.25, 0.3) is 0 Å². The number of phenolic OH excluding ortho intramolecular Hbond substituents is 1. The molecule has 0 bridgehead atoms. The van der Waals surface area contributed by atoms with Gasteiger partial charge in [0.1, 0.15) is 11.5 Å². The Morgan fingerprint density at radius 3 is 2.59 bits per heavy atom. The minimum atomic E-state index is -1.19. The molecule has 0 amide bonds. The number of thioether (sulfide) groups is 1. The van der Waals surface area contributed by atoms with Crippen LogP contribution in [0.25, 0.3) is 0 Å². The van der Waals surface area contributed by atoms with Crippen molar-refractivity contribution in [3.63, 3.8) is 0 Å². The molecule has 0 radical (unpaired) electrons. The molecule has 0 saturated carbocycles. The maximum Gasteiger partial charge on any atom is 0.180 e. The molecule has 4 nitrogen and oxygen atoms in total. The normalized spacial score (nSPS) is 21.3. The van der Waals surface area contributed by atoms with Gasteiger partial charge in [0.2, 0.25) is 0 Å². The molecular formula is C23H28N2O2S2. The zero-order valence-electron chi connectivity index (χ0n) is 17.3. The Morgan fingerprint density at radius 2 is 2.00 bits per heavy atom. The fraction of sp³-hybridized carbons (Fsp3) is 0.435. The number of fused-ring (bicyclic) bond motifs is 1. The molecular weight excluding hydrogens is 400 g/mol. The summed E-state index contributed by atoms with van der Waals surface area (Å²) in [6, 6.07) is 13.4. The number of unbranched alkanes of at least 4 members (excludes halogenated alkanes) is 1. The van der Waals surface area contributed by atoms with Crippen molar-refractivity contribution in [3.05, 3.63) is 42.0 Å². The largest absolute Gasteiger partial charge is 0.611 e. The first-order chi connectivity index (χ1) is 14.0. The molecule has 6 heteroatoms. The Bertz CT molecular complexity index is 895. The molecule has 154 valence electrons. The first kappa shape index (κ1) is 21.9. The van der Waals surface area contributed by atoms with Crippen molar-refractivity contribution in [1.29, 1.82) is 5.26 Å². The first-order valence-corrected chi connectivity index (χ1v) is 12.6. The zero-order valence-corrected chi connectivity index (χ0v) is 18.9. The van der Waals surface area contributed by atoms with Gasteiger partial charge in [-0.2, -0.15) is 5.26 Å². The van der Waals surface area contributed by atoms with E-state index in [1.165, 1.54) is 11.8 Å². The molecule has 2 aromatic carbocycles. The summed E-state index contributed by atoms with van der Waals surface area (Å²) in [5.74, 6) is 0.781. The summed E-state index contributed by atoms with van der Waals surface area (Å²) in [6.07, 6.45) is 6.10. The Morgan fingerprint density at radius 1 is 1.28 bits per heavy atom. The SMILES string of the molecule is CCCCC1(CC)CN(c2ccc(C#N)cc2)c2cc(SC)c(O)cc2[S+]([O-])C1. The number of hydrogen-bond acceptors (Lipinski definition) is 5. The Kier molecular flexibility index (Phi) is 7.05. The highest BCUT2D eigenvalue weighted by Gasteiger charge is 2.41. The number of benzene rings is 2. The van der Waals surface area contributed by atoms with Gasteiger partial charge >= 0.3 is 0 Å². The average molecular weight is 429 g/mol. The van der Waals surface area contributed by atoms with Crippen molar-refractivity contribution in [2.24, 2.45) is 5.41 Å². The molecule has 2 atom stereocenters. The minimum absolute atomic E-state index is 0.0665. The summed E-state index contributed by atoms with van der Waals surface area (Å²) >= 11 is 0.291. The lowest BCUT2D eigenvalue weighted by Crippen LogP contribution is -2.37. The number of aromatic hydroxyl groups is 1. The van der Waals surface area contributed by atoms with Gasteiger partial charge in [-0.15, -0.1) is 11.8 Å². The lowest BCUT2D eigenvalue weighted by Gasteiger charge is -2.35. The van der Waals surface area contributed by atoms with Crippen LogP contribution in [0.4, 0.5) is 11.4 Å². The van der Waals surface area contributed by atoms with E-state index in [0.29, 0.717) is 16.2 Å². The van der Waals surface area contributed by atoms with E-state index in [-0.39, 0.29) is 11.2 Å². The van der Waals surface area contributed by atoms with Gasteiger partial charge in [0, 0.05) is 23.7 Å². The molecule has 1 heterocycles. The lowest BCUT2D eigenvalue weighted by atomic mass is 9.81. The van der Waals surface area contributed by atoms with Gasteiger partial charge in [-0.05, 0) is 60.6 Å². The fourth-order valence-corrected chi connectivity index (χ4v) is 6.25. The summed E-state index contributed by atoms with van der Waals surface area (Å²) in [7, 11) is 0. The van der Waals surface area contributed by atoms with Crippen LogP contribution in [-0.2, 0) is 11.2 Å². The second-order valence-electron chi connectivity index (χ2n) is 7.68. The van der Waals surface area contributed by atoms with Crippen LogP contribution in [0.15, 0.2) is 46.2 Å². The Hall–Kier alpha value is -1.81. The Balaban J connectivity index is 2.16. The predicted octanol–water partition coefficient (Wildman–Crippen LogP) is 5.83. The molecule has 0 aromatic heterocycles. The van der Waals surface area contributed by atoms with Crippen LogP contribution in [0.1, 0.15) is 45.1 Å². The maximum atomic E-state index is 13.4. The third-order valence-corrected chi connectivity index (χ3v) is 8.30. The maximum absolute atomic E-state index is 13.4. The highest BCUT2D eigenvalue weighted by atomic mass is 32.2. The lowest BCUT2D eigenvalue weighted by molar-refractivity contribution is 0.290. The molecule has 1 aliphatic heterocycles. The van der Waals surface area contributed by atoms with E-state index in [4.69, 9.17) is 5.26 Å². The van der Waals surface area contributed by atoms with Gasteiger partial charge in [-0.3, -0.25) is 0 Å². The van der Waals surface area contributed by atoms with Crippen LogP contribution in [0.5, 0.6) is 5.75 Å². The van der Waals surface area contributed by atoms with Gasteiger partial charge in [0.15, 0.2) is 4.90 Å². The number of phenols is 1. The molecule has 0 saturated heterocycles. The van der Waals surface area contributed by atoms with Crippen LogP contribution >= 0.6 is 11.8 Å². The molecule has 29 heavy (non-hydrogen) atoms. The zero-order chi connectivity index (χ0) is 21.0. The van der Waals surface area contributed by atoms with Crippen LogP contribution in [0.3, 0.4) is 0 Å². The minimum Gasteiger partial charge on any atom is -0.611 e. The summed E-state index contributed by atoms with van der Waals surface area (Å²) in [5, 5.41) is 19.6. The first-order valence-electron chi connectivity index (χ1n) is 10.0.